The summed E-state index contributed by atoms with van der Waals surface area (Å²) in [5, 5.41) is 9.42. The Hall–Kier alpha value is -2.97. The van der Waals surface area contributed by atoms with Crippen molar-refractivity contribution in [1.29, 1.82) is 0 Å². The van der Waals surface area contributed by atoms with Crippen molar-refractivity contribution in [3.8, 4) is 0 Å². The maximum absolute atomic E-state index is 12.6. The topological polar surface area (TPSA) is 99.2 Å². The highest BCUT2D eigenvalue weighted by molar-refractivity contribution is 6.04. The van der Waals surface area contributed by atoms with Crippen molar-refractivity contribution in [2.45, 2.75) is 44.4 Å². The van der Waals surface area contributed by atoms with Crippen LogP contribution in [0.4, 0.5) is 5.69 Å². The van der Waals surface area contributed by atoms with Crippen LogP contribution in [0.1, 0.15) is 66.5 Å². The zero-order chi connectivity index (χ0) is 20.0. The molecule has 152 valence electrons. The van der Waals surface area contributed by atoms with Gasteiger partial charge in [0.25, 0.3) is 0 Å². The van der Waals surface area contributed by atoms with Gasteiger partial charge in [0, 0.05) is 38.2 Å². The molecular weight excluding hydrogens is 372 g/mol. The zero-order valence-electron chi connectivity index (χ0n) is 16.7. The van der Waals surface area contributed by atoms with Crippen molar-refractivity contribution in [3.05, 3.63) is 29.7 Å². The van der Waals surface area contributed by atoms with Gasteiger partial charge >= 0.3 is 5.97 Å². The number of anilines is 1. The van der Waals surface area contributed by atoms with Crippen molar-refractivity contribution in [1.82, 2.24) is 24.9 Å². The number of ether oxygens (including phenoxy) is 1. The third kappa shape index (κ3) is 3.24. The Morgan fingerprint density at radius 1 is 1.21 bits per heavy atom. The fourth-order valence-corrected chi connectivity index (χ4v) is 4.05. The molecule has 2 fully saturated rings. The van der Waals surface area contributed by atoms with Gasteiger partial charge in [-0.15, -0.1) is 0 Å². The number of carbonyl (C=O) groups is 1. The van der Waals surface area contributed by atoms with E-state index in [2.05, 4.69) is 25.1 Å². The largest absolute Gasteiger partial charge is 0.462 e. The third-order valence-electron chi connectivity index (χ3n) is 5.79. The van der Waals surface area contributed by atoms with E-state index in [-0.39, 0.29) is 11.9 Å². The number of carbonyl (C=O) groups excluding carboxylic acids is 1. The van der Waals surface area contributed by atoms with Gasteiger partial charge in [0.1, 0.15) is 5.56 Å². The minimum atomic E-state index is -0.352. The van der Waals surface area contributed by atoms with Crippen LogP contribution >= 0.6 is 0 Å². The molecule has 0 spiro atoms. The van der Waals surface area contributed by atoms with Crippen molar-refractivity contribution >= 4 is 22.7 Å². The lowest BCUT2D eigenvalue weighted by atomic mass is 9.95. The van der Waals surface area contributed by atoms with Gasteiger partial charge in [-0.1, -0.05) is 5.16 Å². The molecule has 1 aliphatic heterocycles. The van der Waals surface area contributed by atoms with Crippen LogP contribution in [0.25, 0.3) is 11.0 Å². The lowest BCUT2D eigenvalue weighted by Gasteiger charge is -2.33. The molecule has 5 rings (SSSR count). The lowest BCUT2D eigenvalue weighted by molar-refractivity contribution is 0.0526. The number of nitrogens with zero attached hydrogens (tertiary/aromatic N) is 6. The number of aryl methyl sites for hydroxylation is 1. The molecule has 1 saturated heterocycles. The molecular formula is C20H24N6O3. The van der Waals surface area contributed by atoms with Gasteiger partial charge in [0.2, 0.25) is 5.89 Å². The van der Waals surface area contributed by atoms with Gasteiger partial charge in [-0.25, -0.2) is 9.78 Å². The number of piperidine rings is 1. The van der Waals surface area contributed by atoms with Crippen LogP contribution < -0.4 is 4.90 Å². The Labute approximate surface area is 168 Å². The first-order valence-corrected chi connectivity index (χ1v) is 10.2. The standard InChI is InChI=1S/C20H24N6O3/c1-3-28-20(27)15-10-21-18-14(11-22-25(18)2)16(15)26-8-6-12(7-9-26)17-23-19(29-24-17)13-4-5-13/h10-13H,3-9H2,1-2H3. The van der Waals surface area contributed by atoms with E-state index in [0.717, 1.165) is 67.2 Å². The molecule has 3 aromatic rings. The summed E-state index contributed by atoms with van der Waals surface area (Å²) in [6, 6.07) is 0. The molecule has 0 unspecified atom stereocenters. The maximum Gasteiger partial charge on any atom is 0.341 e. The highest BCUT2D eigenvalue weighted by Crippen LogP contribution is 2.40. The summed E-state index contributed by atoms with van der Waals surface area (Å²) in [4.78, 5) is 23.9. The molecule has 0 atom stereocenters. The van der Waals surface area contributed by atoms with E-state index in [1.165, 1.54) is 0 Å². The van der Waals surface area contributed by atoms with Crippen molar-refractivity contribution in [2.75, 3.05) is 24.6 Å². The van der Waals surface area contributed by atoms with Crippen LogP contribution in [0.5, 0.6) is 0 Å². The number of hydrogen-bond donors (Lipinski definition) is 0. The predicted octanol–water partition coefficient (Wildman–Crippen LogP) is 2.79. The van der Waals surface area contributed by atoms with E-state index in [1.807, 2.05) is 7.05 Å². The van der Waals surface area contributed by atoms with Gasteiger partial charge in [-0.05, 0) is 32.6 Å². The Bertz CT molecular complexity index is 1050. The quantitative estimate of drug-likeness (QED) is 0.607. The summed E-state index contributed by atoms with van der Waals surface area (Å²) in [6.07, 6.45) is 7.48. The molecule has 1 aliphatic carbocycles. The molecule has 0 aromatic carbocycles. The van der Waals surface area contributed by atoms with Gasteiger partial charge in [0.05, 0.1) is 23.9 Å². The molecule has 0 amide bonds. The number of fused-ring (bicyclic) bond motifs is 1. The van der Waals surface area contributed by atoms with E-state index in [0.29, 0.717) is 18.1 Å². The van der Waals surface area contributed by atoms with Crippen LogP contribution in [0, 0.1) is 0 Å². The van der Waals surface area contributed by atoms with Crippen molar-refractivity contribution in [2.24, 2.45) is 7.05 Å². The first-order valence-electron chi connectivity index (χ1n) is 10.2. The van der Waals surface area contributed by atoms with Gasteiger partial charge in [-0.3, -0.25) is 4.68 Å². The van der Waals surface area contributed by atoms with Crippen LogP contribution in [0.2, 0.25) is 0 Å². The highest BCUT2D eigenvalue weighted by Gasteiger charge is 2.33. The van der Waals surface area contributed by atoms with Crippen LogP contribution in [-0.2, 0) is 11.8 Å². The average molecular weight is 396 g/mol. The summed E-state index contributed by atoms with van der Waals surface area (Å²) in [5.74, 6) is 2.01. The zero-order valence-corrected chi connectivity index (χ0v) is 16.7. The summed E-state index contributed by atoms with van der Waals surface area (Å²) in [6.45, 7) is 3.71. The Morgan fingerprint density at radius 3 is 2.72 bits per heavy atom. The summed E-state index contributed by atoms with van der Waals surface area (Å²) < 4.78 is 12.4. The van der Waals surface area contributed by atoms with Gasteiger partial charge in [0.15, 0.2) is 11.5 Å². The number of esters is 1. The molecule has 1 saturated carbocycles. The number of pyridine rings is 1. The fraction of sp³-hybridized carbons (Fsp3) is 0.550. The van der Waals surface area contributed by atoms with Crippen LogP contribution in [-0.4, -0.2) is 50.6 Å². The third-order valence-corrected chi connectivity index (χ3v) is 5.79. The molecule has 3 aromatic heterocycles. The van der Waals surface area contributed by atoms with E-state index >= 15 is 0 Å². The summed E-state index contributed by atoms with van der Waals surface area (Å²) >= 11 is 0. The Balaban J connectivity index is 1.41. The van der Waals surface area contributed by atoms with Crippen LogP contribution in [0.15, 0.2) is 16.9 Å². The van der Waals surface area contributed by atoms with Crippen LogP contribution in [0.3, 0.4) is 0 Å². The van der Waals surface area contributed by atoms with E-state index in [1.54, 1.807) is 24.0 Å². The molecule has 4 heterocycles. The maximum atomic E-state index is 12.6. The smallest absolute Gasteiger partial charge is 0.341 e. The predicted molar refractivity (Wildman–Crippen MR) is 105 cm³/mol. The van der Waals surface area contributed by atoms with Crippen molar-refractivity contribution < 1.29 is 14.1 Å². The summed E-state index contributed by atoms with van der Waals surface area (Å²) in [5.41, 5.74) is 2.09. The molecule has 9 nitrogen and oxygen atoms in total. The Morgan fingerprint density at radius 2 is 2.00 bits per heavy atom. The second-order valence-electron chi connectivity index (χ2n) is 7.77. The molecule has 2 aliphatic rings. The van der Waals surface area contributed by atoms with Gasteiger partial charge in [-0.2, -0.15) is 10.1 Å². The molecule has 0 N–H and O–H groups in total. The minimum absolute atomic E-state index is 0.278. The minimum Gasteiger partial charge on any atom is -0.462 e. The van der Waals surface area contributed by atoms with Crippen molar-refractivity contribution in [3.63, 3.8) is 0 Å². The number of hydrogen-bond acceptors (Lipinski definition) is 8. The lowest BCUT2D eigenvalue weighted by Crippen LogP contribution is -2.34. The van der Waals surface area contributed by atoms with Gasteiger partial charge < -0.3 is 14.2 Å². The molecule has 29 heavy (non-hydrogen) atoms. The highest BCUT2D eigenvalue weighted by atomic mass is 16.5. The average Bonchev–Trinajstić information content (AvgIpc) is 3.35. The first kappa shape index (κ1) is 18.1. The molecule has 0 radical (unpaired) electrons. The monoisotopic (exact) mass is 396 g/mol. The molecule has 9 heteroatoms. The SMILES string of the molecule is CCOC(=O)c1cnc2c(cnn2C)c1N1CCC(c2noc(C3CC3)n2)CC1. The van der Waals surface area contributed by atoms with E-state index < -0.39 is 0 Å². The summed E-state index contributed by atoms with van der Waals surface area (Å²) in [7, 11) is 1.85. The molecule has 0 bridgehead atoms. The number of rotatable bonds is 5. The second-order valence-corrected chi connectivity index (χ2v) is 7.77. The van der Waals surface area contributed by atoms with E-state index in [4.69, 9.17) is 9.26 Å². The van der Waals surface area contributed by atoms with E-state index in [9.17, 15) is 4.79 Å². The normalized spacial score (nSPS) is 17.8. The second kappa shape index (κ2) is 7.13. The first-order chi connectivity index (χ1) is 14.2. The Kier molecular flexibility index (Phi) is 4.44. The number of aromatic nitrogens is 5. The fourth-order valence-electron chi connectivity index (χ4n) is 4.05.